The Morgan fingerprint density at radius 2 is 2.12 bits per heavy atom. The molecule has 1 aliphatic carbocycles. The molecule has 0 aliphatic heterocycles. The summed E-state index contributed by atoms with van der Waals surface area (Å²) in [5.74, 6) is 2.22. The minimum atomic E-state index is 0. The fourth-order valence-corrected chi connectivity index (χ4v) is 2.70. The quantitative estimate of drug-likeness (QED) is 0.933. The van der Waals surface area contributed by atoms with Crippen molar-refractivity contribution in [2.75, 3.05) is 20.8 Å². The Kier molecular flexibility index (Phi) is 4.47. The molecule has 1 atom stereocenters. The first kappa shape index (κ1) is 13.6. The Morgan fingerprint density at radius 3 is 2.62 bits per heavy atom. The third-order valence-electron chi connectivity index (χ3n) is 2.91. The van der Waals surface area contributed by atoms with Crippen molar-refractivity contribution in [1.82, 2.24) is 0 Å². The molecule has 2 N–H and O–H groups in total. The van der Waals surface area contributed by atoms with Crippen molar-refractivity contribution < 1.29 is 9.47 Å². The average molecular weight is 309 g/mol. The van der Waals surface area contributed by atoms with Gasteiger partial charge in [0.25, 0.3) is 0 Å². The van der Waals surface area contributed by atoms with E-state index in [0.717, 1.165) is 22.4 Å². The van der Waals surface area contributed by atoms with Gasteiger partial charge in [-0.3, -0.25) is 0 Å². The van der Waals surface area contributed by atoms with Crippen molar-refractivity contribution in [3.63, 3.8) is 0 Å². The zero-order valence-electron chi connectivity index (χ0n) is 9.25. The maximum Gasteiger partial charge on any atom is 0.137 e. The number of rotatable bonds is 3. The van der Waals surface area contributed by atoms with Crippen LogP contribution in [0.2, 0.25) is 0 Å². The van der Waals surface area contributed by atoms with E-state index in [1.54, 1.807) is 14.2 Å². The minimum absolute atomic E-state index is 0. The summed E-state index contributed by atoms with van der Waals surface area (Å²) >= 11 is 3.48. The zero-order valence-corrected chi connectivity index (χ0v) is 11.7. The summed E-state index contributed by atoms with van der Waals surface area (Å²) in [6.45, 7) is 0.656. The molecular weight excluding hydrogens is 293 g/mol. The molecule has 0 amide bonds. The molecule has 16 heavy (non-hydrogen) atoms. The van der Waals surface area contributed by atoms with Crippen molar-refractivity contribution in [2.24, 2.45) is 5.73 Å². The van der Waals surface area contributed by atoms with E-state index in [-0.39, 0.29) is 12.4 Å². The summed E-state index contributed by atoms with van der Waals surface area (Å²) in [4.78, 5) is 0. The van der Waals surface area contributed by atoms with Crippen LogP contribution in [0, 0.1) is 0 Å². The first-order valence-corrected chi connectivity index (χ1v) is 5.65. The van der Waals surface area contributed by atoms with Crippen molar-refractivity contribution >= 4 is 28.3 Å². The van der Waals surface area contributed by atoms with Crippen LogP contribution < -0.4 is 15.2 Å². The topological polar surface area (TPSA) is 44.5 Å². The molecule has 1 aliphatic rings. The third kappa shape index (κ3) is 1.90. The van der Waals surface area contributed by atoms with Gasteiger partial charge in [0.05, 0.1) is 18.7 Å². The molecule has 0 unspecified atom stereocenters. The van der Waals surface area contributed by atoms with E-state index in [4.69, 9.17) is 15.2 Å². The van der Waals surface area contributed by atoms with Gasteiger partial charge in [0.1, 0.15) is 11.5 Å². The van der Waals surface area contributed by atoms with Gasteiger partial charge < -0.3 is 15.2 Å². The number of hydrogen-bond acceptors (Lipinski definition) is 3. The second-order valence-corrected chi connectivity index (χ2v) is 4.48. The van der Waals surface area contributed by atoms with Gasteiger partial charge in [-0.15, -0.1) is 12.4 Å². The summed E-state index contributed by atoms with van der Waals surface area (Å²) in [5.41, 5.74) is 8.13. The Balaban J connectivity index is 0.00000128. The van der Waals surface area contributed by atoms with Crippen LogP contribution in [-0.4, -0.2) is 20.8 Å². The van der Waals surface area contributed by atoms with E-state index in [2.05, 4.69) is 15.9 Å². The lowest BCUT2D eigenvalue weighted by atomic mass is 9.76. The summed E-state index contributed by atoms with van der Waals surface area (Å²) in [6, 6.07) is 1.95. The van der Waals surface area contributed by atoms with Crippen molar-refractivity contribution in [3.05, 3.63) is 21.7 Å². The predicted octanol–water partition coefficient (Wildman–Crippen LogP) is 2.49. The highest BCUT2D eigenvalue weighted by Crippen LogP contribution is 2.49. The number of halogens is 2. The molecule has 2 rings (SSSR count). The Hall–Kier alpha value is -0.450. The molecule has 90 valence electrons. The molecule has 1 aromatic rings. The Morgan fingerprint density at radius 1 is 1.44 bits per heavy atom. The monoisotopic (exact) mass is 307 g/mol. The molecule has 3 nitrogen and oxygen atoms in total. The fraction of sp³-hybridized carbons (Fsp3) is 0.455. The highest BCUT2D eigenvalue weighted by molar-refractivity contribution is 9.10. The minimum Gasteiger partial charge on any atom is -0.496 e. The number of nitrogens with two attached hydrogens (primary N) is 1. The van der Waals surface area contributed by atoms with Gasteiger partial charge in [-0.25, -0.2) is 0 Å². The molecule has 0 aromatic heterocycles. The molecule has 0 heterocycles. The molecule has 0 radical (unpaired) electrons. The summed E-state index contributed by atoms with van der Waals surface area (Å²) < 4.78 is 11.6. The van der Waals surface area contributed by atoms with Crippen LogP contribution in [0.5, 0.6) is 11.5 Å². The number of methoxy groups -OCH3 is 2. The lowest BCUT2D eigenvalue weighted by Crippen LogP contribution is -2.26. The maximum absolute atomic E-state index is 5.70. The number of benzene rings is 1. The Bertz CT molecular complexity index is 398. The standard InChI is InChI=1S/C11H14BrNO2.ClH/c1-14-9-4-8(12)11(15-2)10-6(5-13)3-7(9)10;/h4,6H,3,5,13H2,1-2H3;1H/t6-;/m0./s1. The van der Waals surface area contributed by atoms with Gasteiger partial charge in [-0.1, -0.05) is 0 Å². The number of fused-ring (bicyclic) bond motifs is 1. The van der Waals surface area contributed by atoms with E-state index in [1.807, 2.05) is 6.07 Å². The highest BCUT2D eigenvalue weighted by atomic mass is 79.9. The van der Waals surface area contributed by atoms with E-state index in [1.165, 1.54) is 11.1 Å². The maximum atomic E-state index is 5.70. The third-order valence-corrected chi connectivity index (χ3v) is 3.50. The van der Waals surface area contributed by atoms with Crippen LogP contribution >= 0.6 is 28.3 Å². The van der Waals surface area contributed by atoms with Crippen LogP contribution in [0.1, 0.15) is 17.0 Å². The van der Waals surface area contributed by atoms with Crippen LogP contribution in [0.3, 0.4) is 0 Å². The van der Waals surface area contributed by atoms with Gasteiger partial charge in [-0.2, -0.15) is 0 Å². The Labute approximate surface area is 110 Å². The highest BCUT2D eigenvalue weighted by Gasteiger charge is 2.33. The van der Waals surface area contributed by atoms with E-state index < -0.39 is 0 Å². The second kappa shape index (κ2) is 5.25. The fourth-order valence-electron chi connectivity index (χ4n) is 2.12. The zero-order chi connectivity index (χ0) is 11.0. The average Bonchev–Trinajstić information content (AvgIpc) is 2.21. The molecule has 1 aromatic carbocycles. The molecule has 0 saturated carbocycles. The SMILES string of the molecule is COc1cc(Br)c(OC)c2c1C[C@H]2CN.Cl. The summed E-state index contributed by atoms with van der Waals surface area (Å²) in [5, 5.41) is 0. The molecule has 5 heteroatoms. The van der Waals surface area contributed by atoms with Gasteiger partial charge in [-0.05, 0) is 35.0 Å². The second-order valence-electron chi connectivity index (χ2n) is 3.62. The van der Waals surface area contributed by atoms with Gasteiger partial charge >= 0.3 is 0 Å². The van der Waals surface area contributed by atoms with Crippen LogP contribution in [0.15, 0.2) is 10.5 Å². The molecule has 0 fully saturated rings. The largest absolute Gasteiger partial charge is 0.496 e. The molecule has 0 spiro atoms. The first-order chi connectivity index (χ1) is 7.22. The first-order valence-electron chi connectivity index (χ1n) is 4.86. The smallest absolute Gasteiger partial charge is 0.137 e. The van der Waals surface area contributed by atoms with Crippen LogP contribution in [0.25, 0.3) is 0 Å². The molecule has 0 saturated heterocycles. The molecular formula is C11H15BrClNO2. The van der Waals surface area contributed by atoms with E-state index in [9.17, 15) is 0 Å². The van der Waals surface area contributed by atoms with Crippen molar-refractivity contribution in [3.8, 4) is 11.5 Å². The van der Waals surface area contributed by atoms with Crippen molar-refractivity contribution in [1.29, 1.82) is 0 Å². The lowest BCUT2D eigenvalue weighted by molar-refractivity contribution is 0.374. The summed E-state index contributed by atoms with van der Waals surface area (Å²) in [6.07, 6.45) is 0.985. The van der Waals surface area contributed by atoms with Crippen molar-refractivity contribution in [2.45, 2.75) is 12.3 Å². The van der Waals surface area contributed by atoms with Gasteiger partial charge in [0.2, 0.25) is 0 Å². The molecule has 0 bridgehead atoms. The normalized spacial score (nSPS) is 16.9. The van der Waals surface area contributed by atoms with Gasteiger partial charge in [0, 0.05) is 17.0 Å². The lowest BCUT2D eigenvalue weighted by Gasteiger charge is -2.33. The van der Waals surface area contributed by atoms with Crippen LogP contribution in [-0.2, 0) is 6.42 Å². The predicted molar refractivity (Wildman–Crippen MR) is 70.0 cm³/mol. The summed E-state index contributed by atoms with van der Waals surface area (Å²) in [7, 11) is 3.36. The number of ether oxygens (including phenoxy) is 2. The van der Waals surface area contributed by atoms with Crippen LogP contribution in [0.4, 0.5) is 0 Å². The number of hydrogen-bond donors (Lipinski definition) is 1. The van der Waals surface area contributed by atoms with E-state index in [0.29, 0.717) is 12.5 Å². The van der Waals surface area contributed by atoms with E-state index >= 15 is 0 Å². The van der Waals surface area contributed by atoms with Gasteiger partial charge in [0.15, 0.2) is 0 Å².